The molecule has 2 aromatic rings. The van der Waals surface area contributed by atoms with Crippen molar-refractivity contribution >= 4 is 11.6 Å². The highest BCUT2D eigenvalue weighted by molar-refractivity contribution is 6.01. The molecule has 0 spiro atoms. The lowest BCUT2D eigenvalue weighted by molar-refractivity contribution is 0.0921. The van der Waals surface area contributed by atoms with Crippen LogP contribution in [0.3, 0.4) is 0 Å². The minimum atomic E-state index is -0.147. The third-order valence-electron chi connectivity index (χ3n) is 4.67. The lowest BCUT2D eigenvalue weighted by Gasteiger charge is -2.34. The smallest absolute Gasteiger partial charge is 0.254 e. The van der Waals surface area contributed by atoms with Crippen molar-refractivity contribution in [2.75, 3.05) is 19.0 Å². The van der Waals surface area contributed by atoms with Crippen LogP contribution in [0.1, 0.15) is 22.0 Å². The molecule has 4 rings (SSSR count). The van der Waals surface area contributed by atoms with E-state index in [2.05, 4.69) is 27.6 Å². The second-order valence-electron chi connectivity index (χ2n) is 6.08. The Hall–Kier alpha value is -2.57. The molecule has 2 aliphatic heterocycles. The number of benzene rings is 2. The fraction of sp³-hybridized carbons (Fsp3) is 0.278. The van der Waals surface area contributed by atoms with Gasteiger partial charge in [0.25, 0.3) is 5.91 Å². The molecule has 6 heteroatoms. The van der Waals surface area contributed by atoms with E-state index in [1.165, 1.54) is 0 Å². The molecule has 1 fully saturated rings. The molecule has 0 radical (unpaired) electrons. The molecule has 6 nitrogen and oxygen atoms in total. The van der Waals surface area contributed by atoms with E-state index in [9.17, 15) is 4.79 Å². The summed E-state index contributed by atoms with van der Waals surface area (Å²) in [7, 11) is 1.66. The van der Waals surface area contributed by atoms with Crippen molar-refractivity contribution in [1.29, 1.82) is 0 Å². The highest BCUT2D eigenvalue weighted by Gasteiger charge is 2.38. The molecule has 124 valence electrons. The molecule has 1 amide bonds. The summed E-state index contributed by atoms with van der Waals surface area (Å²) in [5, 5.41) is 6.54. The predicted octanol–water partition coefficient (Wildman–Crippen LogP) is 1.64. The van der Waals surface area contributed by atoms with E-state index in [-0.39, 0.29) is 24.0 Å². The Balaban J connectivity index is 1.60. The van der Waals surface area contributed by atoms with E-state index in [0.29, 0.717) is 5.56 Å². The van der Waals surface area contributed by atoms with Gasteiger partial charge in [0.1, 0.15) is 11.9 Å². The topological polar surface area (TPSA) is 74.4 Å². The maximum absolute atomic E-state index is 12.4. The van der Waals surface area contributed by atoms with Gasteiger partial charge in [-0.3, -0.25) is 10.2 Å². The Bertz CT molecular complexity index is 764. The molecule has 1 saturated heterocycles. The number of para-hydroxylation sites is 1. The van der Waals surface area contributed by atoms with Crippen LogP contribution in [0.15, 0.2) is 48.5 Å². The number of ether oxygens (including phenoxy) is 1. The van der Waals surface area contributed by atoms with E-state index in [1.54, 1.807) is 7.11 Å². The van der Waals surface area contributed by atoms with Crippen LogP contribution in [0.4, 0.5) is 5.69 Å². The quantitative estimate of drug-likeness (QED) is 0.691. The third kappa shape index (κ3) is 2.60. The first-order valence-electron chi connectivity index (χ1n) is 8.05. The molecule has 0 bridgehead atoms. The highest BCUT2D eigenvalue weighted by atomic mass is 16.5. The van der Waals surface area contributed by atoms with Crippen LogP contribution in [0.25, 0.3) is 0 Å². The Morgan fingerprint density at radius 1 is 1.08 bits per heavy atom. The predicted molar refractivity (Wildman–Crippen MR) is 91.7 cm³/mol. The first-order valence-corrected chi connectivity index (χ1v) is 8.05. The molecule has 0 saturated carbocycles. The summed E-state index contributed by atoms with van der Waals surface area (Å²) >= 11 is 0. The first kappa shape index (κ1) is 15.0. The first-order chi connectivity index (χ1) is 11.8. The van der Waals surface area contributed by atoms with E-state index >= 15 is 0 Å². The van der Waals surface area contributed by atoms with Crippen LogP contribution in [0, 0.1) is 5.92 Å². The van der Waals surface area contributed by atoms with Crippen molar-refractivity contribution in [3.63, 3.8) is 0 Å². The Morgan fingerprint density at radius 2 is 1.96 bits per heavy atom. The van der Waals surface area contributed by atoms with E-state index < -0.39 is 0 Å². The number of amides is 1. The fourth-order valence-corrected chi connectivity index (χ4v) is 3.43. The number of carbonyl (C=O) groups is 1. The van der Waals surface area contributed by atoms with E-state index in [0.717, 1.165) is 23.5 Å². The zero-order chi connectivity index (χ0) is 16.5. The molecule has 3 atom stereocenters. The maximum Gasteiger partial charge on any atom is 0.254 e. The zero-order valence-corrected chi connectivity index (χ0v) is 13.4. The van der Waals surface area contributed by atoms with Crippen molar-refractivity contribution in [3.05, 3.63) is 59.7 Å². The number of carbonyl (C=O) groups excluding carboxylic acids is 1. The van der Waals surface area contributed by atoms with Gasteiger partial charge in [0.2, 0.25) is 0 Å². The van der Waals surface area contributed by atoms with Gasteiger partial charge >= 0.3 is 0 Å². The SMILES string of the molecule is COc1cccc(C2NNCC2C2NC(=O)c3ccccc3N2)c1. The minimum absolute atomic E-state index is 0.0364. The number of rotatable bonds is 3. The number of methoxy groups -OCH3 is 1. The van der Waals surface area contributed by atoms with Gasteiger partial charge in [-0.1, -0.05) is 24.3 Å². The number of anilines is 1. The van der Waals surface area contributed by atoms with Crippen molar-refractivity contribution in [2.45, 2.75) is 12.2 Å². The molecule has 0 aliphatic carbocycles. The molecule has 0 aromatic heterocycles. The summed E-state index contributed by atoms with van der Waals surface area (Å²) in [5.74, 6) is 0.950. The summed E-state index contributed by atoms with van der Waals surface area (Å²) in [5.41, 5.74) is 9.21. The van der Waals surface area contributed by atoms with Gasteiger partial charge in [-0.05, 0) is 29.8 Å². The largest absolute Gasteiger partial charge is 0.497 e. The van der Waals surface area contributed by atoms with Gasteiger partial charge in [-0.2, -0.15) is 0 Å². The maximum atomic E-state index is 12.4. The second-order valence-corrected chi connectivity index (χ2v) is 6.08. The molecule has 2 heterocycles. The monoisotopic (exact) mass is 324 g/mol. The average Bonchev–Trinajstić information content (AvgIpc) is 3.11. The molecule has 24 heavy (non-hydrogen) atoms. The molecule has 2 aliphatic rings. The van der Waals surface area contributed by atoms with E-state index in [4.69, 9.17) is 4.74 Å². The van der Waals surface area contributed by atoms with Gasteiger partial charge in [-0.15, -0.1) is 0 Å². The van der Waals surface area contributed by atoms with Gasteiger partial charge in [0, 0.05) is 18.2 Å². The van der Waals surface area contributed by atoms with Crippen molar-refractivity contribution in [3.8, 4) is 5.75 Å². The number of hydrogen-bond acceptors (Lipinski definition) is 5. The van der Waals surface area contributed by atoms with Crippen LogP contribution >= 0.6 is 0 Å². The number of fused-ring (bicyclic) bond motifs is 1. The van der Waals surface area contributed by atoms with Gasteiger partial charge in [0.05, 0.1) is 18.7 Å². The Labute approximate surface area is 140 Å². The van der Waals surface area contributed by atoms with Gasteiger partial charge in [-0.25, -0.2) is 5.43 Å². The number of hydrogen-bond donors (Lipinski definition) is 4. The van der Waals surface area contributed by atoms with Crippen molar-refractivity contribution in [2.24, 2.45) is 5.92 Å². The molecule has 3 unspecified atom stereocenters. The summed E-state index contributed by atoms with van der Waals surface area (Å²) in [6.07, 6.45) is -0.147. The standard InChI is InChI=1S/C18H20N4O2/c1-24-12-6-4-5-11(9-12)16-14(10-19-22-16)17-20-15-8-3-2-7-13(15)18(23)21-17/h2-9,14,16-17,19-20,22H,10H2,1H3,(H,21,23). The fourth-order valence-electron chi connectivity index (χ4n) is 3.43. The number of nitrogens with one attached hydrogen (secondary N) is 4. The highest BCUT2D eigenvalue weighted by Crippen LogP contribution is 2.32. The van der Waals surface area contributed by atoms with Crippen LogP contribution < -0.4 is 26.2 Å². The summed E-state index contributed by atoms with van der Waals surface area (Å²) in [6, 6.07) is 15.7. The van der Waals surface area contributed by atoms with Gasteiger partial charge < -0.3 is 15.4 Å². The van der Waals surface area contributed by atoms with Crippen LogP contribution in [-0.4, -0.2) is 25.7 Å². The second kappa shape index (κ2) is 6.14. The molecule has 4 N–H and O–H groups in total. The Morgan fingerprint density at radius 3 is 2.83 bits per heavy atom. The van der Waals surface area contributed by atoms with Crippen molar-refractivity contribution < 1.29 is 9.53 Å². The molecular weight excluding hydrogens is 304 g/mol. The summed E-state index contributed by atoms with van der Waals surface area (Å²) in [6.45, 7) is 0.752. The minimum Gasteiger partial charge on any atom is -0.497 e. The molecule has 2 aromatic carbocycles. The third-order valence-corrected chi connectivity index (χ3v) is 4.67. The Kier molecular flexibility index (Phi) is 3.84. The van der Waals surface area contributed by atoms with Crippen molar-refractivity contribution in [1.82, 2.24) is 16.2 Å². The average molecular weight is 324 g/mol. The molecular formula is C18H20N4O2. The lowest BCUT2D eigenvalue weighted by Crippen LogP contribution is -2.51. The van der Waals surface area contributed by atoms with E-state index in [1.807, 2.05) is 42.5 Å². The summed E-state index contributed by atoms with van der Waals surface area (Å²) < 4.78 is 5.33. The van der Waals surface area contributed by atoms with Crippen LogP contribution in [0.2, 0.25) is 0 Å². The van der Waals surface area contributed by atoms with Crippen LogP contribution in [0.5, 0.6) is 5.75 Å². The number of hydrazine groups is 1. The van der Waals surface area contributed by atoms with Gasteiger partial charge in [0.15, 0.2) is 0 Å². The summed E-state index contributed by atoms with van der Waals surface area (Å²) in [4.78, 5) is 12.4. The normalized spacial score (nSPS) is 25.5. The zero-order valence-electron chi connectivity index (χ0n) is 13.4. The lowest BCUT2D eigenvalue weighted by atomic mass is 9.90. The van der Waals surface area contributed by atoms with Crippen LogP contribution in [-0.2, 0) is 0 Å².